The number of nitrogens with one attached hydrogen (secondary N) is 1. The molecule has 21 heavy (non-hydrogen) atoms. The molecule has 0 atom stereocenters. The maximum absolute atomic E-state index is 11.0. The average molecular weight is 283 g/mol. The van der Waals surface area contributed by atoms with E-state index in [1.165, 1.54) is 6.07 Å². The van der Waals surface area contributed by atoms with E-state index in [0.717, 1.165) is 17.0 Å². The normalized spacial score (nSPS) is 15.1. The number of nitro benzene ring substituents is 1. The standard InChI is InChI=1S/C15H13N3O3/c19-18(20)14-7-3-2-6-13(14)17-16-12-9-10-21-15-8-4-1-5-11(12)15/h1-8,17H,9-10H2. The maximum atomic E-state index is 11.0. The van der Waals surface area contributed by atoms with Crippen LogP contribution >= 0.6 is 0 Å². The third kappa shape index (κ3) is 2.69. The van der Waals surface area contributed by atoms with Crippen LogP contribution in [-0.4, -0.2) is 17.2 Å². The first-order valence-electron chi connectivity index (χ1n) is 6.54. The van der Waals surface area contributed by atoms with E-state index in [-0.39, 0.29) is 5.69 Å². The van der Waals surface area contributed by atoms with E-state index < -0.39 is 4.92 Å². The van der Waals surface area contributed by atoms with Gasteiger partial charge in [0, 0.05) is 18.1 Å². The van der Waals surface area contributed by atoms with Crippen LogP contribution in [0.4, 0.5) is 11.4 Å². The Morgan fingerprint density at radius 3 is 2.76 bits per heavy atom. The summed E-state index contributed by atoms with van der Waals surface area (Å²) >= 11 is 0. The van der Waals surface area contributed by atoms with E-state index >= 15 is 0 Å². The predicted octanol–water partition coefficient (Wildman–Crippen LogP) is 3.19. The van der Waals surface area contributed by atoms with Gasteiger partial charge in [0.2, 0.25) is 0 Å². The zero-order valence-electron chi connectivity index (χ0n) is 11.2. The molecule has 2 aromatic carbocycles. The summed E-state index contributed by atoms with van der Waals surface area (Å²) in [5.74, 6) is 0.784. The fourth-order valence-electron chi connectivity index (χ4n) is 2.19. The molecule has 2 aromatic rings. The van der Waals surface area contributed by atoms with Crippen LogP contribution < -0.4 is 10.2 Å². The van der Waals surface area contributed by atoms with Crippen molar-refractivity contribution in [1.82, 2.24) is 0 Å². The van der Waals surface area contributed by atoms with Crippen molar-refractivity contribution < 1.29 is 9.66 Å². The molecule has 1 heterocycles. The molecule has 0 fully saturated rings. The summed E-state index contributed by atoms with van der Waals surface area (Å²) in [5.41, 5.74) is 4.91. The second kappa shape index (κ2) is 5.62. The lowest BCUT2D eigenvalue weighted by Gasteiger charge is -2.18. The molecule has 0 saturated carbocycles. The predicted molar refractivity (Wildman–Crippen MR) is 79.8 cm³/mol. The second-order valence-electron chi connectivity index (χ2n) is 4.54. The van der Waals surface area contributed by atoms with Gasteiger partial charge in [0.1, 0.15) is 11.4 Å². The minimum atomic E-state index is -0.430. The first kappa shape index (κ1) is 13.1. The molecule has 0 unspecified atom stereocenters. The smallest absolute Gasteiger partial charge is 0.294 e. The minimum absolute atomic E-state index is 0.00203. The van der Waals surface area contributed by atoms with Gasteiger partial charge in [-0.2, -0.15) is 5.10 Å². The fourth-order valence-corrected chi connectivity index (χ4v) is 2.19. The Kier molecular flexibility index (Phi) is 3.51. The number of anilines is 1. The molecule has 1 aliphatic rings. The van der Waals surface area contributed by atoms with Gasteiger partial charge in [-0.3, -0.25) is 15.5 Å². The Labute approximate surface area is 121 Å². The van der Waals surface area contributed by atoms with Gasteiger partial charge in [0.25, 0.3) is 5.69 Å². The largest absolute Gasteiger partial charge is 0.492 e. The van der Waals surface area contributed by atoms with Crippen molar-refractivity contribution >= 4 is 17.1 Å². The van der Waals surface area contributed by atoms with Crippen LogP contribution in [0.3, 0.4) is 0 Å². The van der Waals surface area contributed by atoms with Crippen molar-refractivity contribution in [3.8, 4) is 5.75 Å². The quantitative estimate of drug-likeness (QED) is 0.693. The van der Waals surface area contributed by atoms with Crippen molar-refractivity contribution in [1.29, 1.82) is 0 Å². The van der Waals surface area contributed by atoms with E-state index in [2.05, 4.69) is 10.5 Å². The van der Waals surface area contributed by atoms with Crippen LogP contribution in [0.1, 0.15) is 12.0 Å². The number of hydrazone groups is 1. The summed E-state index contributed by atoms with van der Waals surface area (Å²) in [7, 11) is 0. The van der Waals surface area contributed by atoms with Crippen molar-refractivity contribution in [2.24, 2.45) is 5.10 Å². The van der Waals surface area contributed by atoms with Gasteiger partial charge < -0.3 is 4.74 Å². The highest BCUT2D eigenvalue weighted by molar-refractivity contribution is 6.04. The number of ether oxygens (including phenoxy) is 1. The average Bonchev–Trinajstić information content (AvgIpc) is 2.53. The monoisotopic (exact) mass is 283 g/mol. The molecule has 0 saturated heterocycles. The topological polar surface area (TPSA) is 76.8 Å². The molecule has 6 heteroatoms. The van der Waals surface area contributed by atoms with Gasteiger partial charge in [-0.25, -0.2) is 0 Å². The van der Waals surface area contributed by atoms with E-state index in [1.807, 2.05) is 24.3 Å². The first-order valence-corrected chi connectivity index (χ1v) is 6.54. The molecule has 0 bridgehead atoms. The second-order valence-corrected chi connectivity index (χ2v) is 4.54. The van der Waals surface area contributed by atoms with E-state index in [1.54, 1.807) is 18.2 Å². The number of hydrogen-bond acceptors (Lipinski definition) is 5. The molecule has 1 aliphatic heterocycles. The van der Waals surface area contributed by atoms with Gasteiger partial charge in [-0.15, -0.1) is 0 Å². The van der Waals surface area contributed by atoms with Crippen molar-refractivity contribution in [2.45, 2.75) is 6.42 Å². The summed E-state index contributed by atoms with van der Waals surface area (Å²) in [5, 5.41) is 15.3. The highest BCUT2D eigenvalue weighted by atomic mass is 16.6. The van der Waals surface area contributed by atoms with Crippen LogP contribution in [0.15, 0.2) is 53.6 Å². The van der Waals surface area contributed by atoms with Gasteiger partial charge >= 0.3 is 0 Å². The molecule has 0 radical (unpaired) electrons. The summed E-state index contributed by atoms with van der Waals surface area (Å²) in [6.45, 7) is 0.550. The SMILES string of the molecule is O=[N+]([O-])c1ccccc1NN=C1CCOc2ccccc21. The molecule has 0 aromatic heterocycles. The number of hydrogen-bond donors (Lipinski definition) is 1. The Morgan fingerprint density at radius 2 is 1.90 bits per heavy atom. The van der Waals surface area contributed by atoms with Gasteiger partial charge in [0.15, 0.2) is 0 Å². The summed E-state index contributed by atoms with van der Waals surface area (Å²) < 4.78 is 5.55. The van der Waals surface area contributed by atoms with Gasteiger partial charge in [-0.05, 0) is 18.2 Å². The lowest BCUT2D eigenvalue weighted by molar-refractivity contribution is -0.384. The number of para-hydroxylation sites is 3. The van der Waals surface area contributed by atoms with E-state index in [0.29, 0.717) is 18.7 Å². The molecule has 1 N–H and O–H groups in total. The highest BCUT2D eigenvalue weighted by Gasteiger charge is 2.17. The Bertz CT molecular complexity index is 713. The summed E-state index contributed by atoms with van der Waals surface area (Å²) in [4.78, 5) is 10.5. The first-order chi connectivity index (χ1) is 10.3. The minimum Gasteiger partial charge on any atom is -0.492 e. The molecule has 106 valence electrons. The van der Waals surface area contributed by atoms with Crippen LogP contribution in [0, 0.1) is 10.1 Å². The number of rotatable bonds is 3. The Morgan fingerprint density at radius 1 is 1.14 bits per heavy atom. The molecular formula is C15H13N3O3. The Balaban J connectivity index is 1.90. The van der Waals surface area contributed by atoms with Gasteiger partial charge in [0.05, 0.1) is 17.2 Å². The summed E-state index contributed by atoms with van der Waals surface area (Å²) in [6.07, 6.45) is 0.657. The number of benzene rings is 2. The molecule has 0 amide bonds. The molecule has 6 nitrogen and oxygen atoms in total. The van der Waals surface area contributed by atoms with Gasteiger partial charge in [-0.1, -0.05) is 24.3 Å². The third-order valence-corrected chi connectivity index (χ3v) is 3.21. The molecule has 0 spiro atoms. The number of nitrogens with zero attached hydrogens (tertiary/aromatic N) is 2. The third-order valence-electron chi connectivity index (χ3n) is 3.21. The number of fused-ring (bicyclic) bond motifs is 1. The Hall–Kier alpha value is -2.89. The molecular weight excluding hydrogens is 270 g/mol. The van der Waals surface area contributed by atoms with Crippen molar-refractivity contribution in [2.75, 3.05) is 12.0 Å². The van der Waals surface area contributed by atoms with Crippen LogP contribution in [0.2, 0.25) is 0 Å². The maximum Gasteiger partial charge on any atom is 0.294 e. The van der Waals surface area contributed by atoms with Crippen LogP contribution in [-0.2, 0) is 0 Å². The summed E-state index contributed by atoms with van der Waals surface area (Å²) in [6, 6.07) is 14.1. The highest BCUT2D eigenvalue weighted by Crippen LogP contribution is 2.26. The van der Waals surface area contributed by atoms with E-state index in [4.69, 9.17) is 4.74 Å². The zero-order valence-corrected chi connectivity index (χ0v) is 11.2. The van der Waals surface area contributed by atoms with Crippen LogP contribution in [0.25, 0.3) is 0 Å². The van der Waals surface area contributed by atoms with E-state index in [9.17, 15) is 10.1 Å². The molecule has 3 rings (SSSR count). The molecule has 0 aliphatic carbocycles. The zero-order chi connectivity index (χ0) is 14.7. The lowest BCUT2D eigenvalue weighted by atomic mass is 10.0. The number of nitro groups is 1. The van der Waals surface area contributed by atoms with Crippen molar-refractivity contribution in [3.63, 3.8) is 0 Å². The fraction of sp³-hybridized carbons (Fsp3) is 0.133. The lowest BCUT2D eigenvalue weighted by Crippen LogP contribution is -2.17. The van der Waals surface area contributed by atoms with Crippen LogP contribution in [0.5, 0.6) is 5.75 Å². The van der Waals surface area contributed by atoms with Crippen molar-refractivity contribution in [3.05, 3.63) is 64.2 Å².